The zero-order valence-electron chi connectivity index (χ0n) is 22.2. The molecule has 1 fully saturated rings. The van der Waals surface area contributed by atoms with E-state index in [-0.39, 0.29) is 13.2 Å². The number of rotatable bonds is 11. The molecule has 4 aromatic rings. The Labute approximate surface area is 229 Å². The molecule has 39 heavy (non-hydrogen) atoms. The average molecular weight is 527 g/mol. The molecule has 1 N–H and O–H groups in total. The van der Waals surface area contributed by atoms with Crippen LogP contribution in [0.2, 0.25) is 0 Å². The molecule has 5 rings (SSSR count). The lowest BCUT2D eigenvalue weighted by molar-refractivity contribution is -0.0960. The van der Waals surface area contributed by atoms with E-state index in [0.717, 1.165) is 33.8 Å². The van der Waals surface area contributed by atoms with Crippen molar-refractivity contribution in [2.24, 2.45) is 0 Å². The number of hydrogen-bond donors (Lipinski definition) is 1. The van der Waals surface area contributed by atoms with Crippen LogP contribution in [0.1, 0.15) is 22.3 Å². The molecular formula is C33H34O6. The summed E-state index contributed by atoms with van der Waals surface area (Å²) in [7, 11) is 3.30. The quantitative estimate of drug-likeness (QED) is 0.266. The summed E-state index contributed by atoms with van der Waals surface area (Å²) in [5.74, 6) is 1.51. The summed E-state index contributed by atoms with van der Waals surface area (Å²) < 4.78 is 30.0. The smallest absolute Gasteiger partial charge is 0.143 e. The van der Waals surface area contributed by atoms with E-state index in [1.54, 1.807) is 14.2 Å². The first kappa shape index (κ1) is 26.9. The normalized spacial score (nSPS) is 19.1. The molecule has 6 nitrogen and oxygen atoms in total. The van der Waals surface area contributed by atoms with Gasteiger partial charge in [0.05, 0.1) is 34.0 Å². The van der Waals surface area contributed by atoms with Gasteiger partial charge in [0.15, 0.2) is 0 Å². The Hall–Kier alpha value is -3.68. The average Bonchev–Trinajstić information content (AvgIpc) is 3.36. The molecule has 0 bridgehead atoms. The van der Waals surface area contributed by atoms with Gasteiger partial charge in [-0.05, 0) is 46.5 Å². The lowest BCUT2D eigenvalue weighted by Gasteiger charge is -2.37. The minimum atomic E-state index is -0.972. The van der Waals surface area contributed by atoms with Crippen LogP contribution in [0.15, 0.2) is 109 Å². The van der Waals surface area contributed by atoms with E-state index in [2.05, 4.69) is 12.1 Å². The summed E-state index contributed by atoms with van der Waals surface area (Å²) in [5, 5.41) is 10.7. The van der Waals surface area contributed by atoms with Gasteiger partial charge in [-0.25, -0.2) is 0 Å². The van der Waals surface area contributed by atoms with Crippen molar-refractivity contribution in [3.05, 3.63) is 131 Å². The van der Waals surface area contributed by atoms with Gasteiger partial charge in [-0.2, -0.15) is 0 Å². The van der Waals surface area contributed by atoms with E-state index in [9.17, 15) is 5.11 Å². The molecule has 0 unspecified atom stereocenters. The SMILES string of the molecule is COc1ccc(C(OC[C@H]2OC[C@H](O)[C@@H]2OCc2ccccc2)(c2ccccc2)c2ccc(OC)cc2)cc1. The number of aliphatic hydroxyl groups is 1. The number of benzene rings is 4. The van der Waals surface area contributed by atoms with Crippen LogP contribution in [0.25, 0.3) is 0 Å². The highest BCUT2D eigenvalue weighted by Gasteiger charge is 2.42. The summed E-state index contributed by atoms with van der Waals surface area (Å²) in [6.45, 7) is 0.767. The van der Waals surface area contributed by atoms with Crippen molar-refractivity contribution in [3.63, 3.8) is 0 Å². The molecule has 0 spiro atoms. The number of ether oxygens (including phenoxy) is 5. The van der Waals surface area contributed by atoms with Crippen LogP contribution in [0.4, 0.5) is 0 Å². The van der Waals surface area contributed by atoms with Gasteiger partial charge >= 0.3 is 0 Å². The first-order chi connectivity index (χ1) is 19.1. The second-order valence-corrected chi connectivity index (χ2v) is 9.52. The predicted molar refractivity (Wildman–Crippen MR) is 149 cm³/mol. The number of methoxy groups -OCH3 is 2. The van der Waals surface area contributed by atoms with Gasteiger partial charge < -0.3 is 28.8 Å². The van der Waals surface area contributed by atoms with Gasteiger partial charge in [0.1, 0.15) is 35.4 Å². The van der Waals surface area contributed by atoms with E-state index in [0.29, 0.717) is 6.61 Å². The molecule has 1 heterocycles. The predicted octanol–water partition coefficient (Wildman–Crippen LogP) is 5.36. The van der Waals surface area contributed by atoms with Gasteiger partial charge in [0.25, 0.3) is 0 Å². The third-order valence-electron chi connectivity index (χ3n) is 7.15. The maximum atomic E-state index is 10.7. The van der Waals surface area contributed by atoms with Crippen LogP contribution in [-0.2, 0) is 26.4 Å². The number of aliphatic hydroxyl groups excluding tert-OH is 1. The molecule has 4 aromatic carbocycles. The van der Waals surface area contributed by atoms with Crippen molar-refractivity contribution in [3.8, 4) is 11.5 Å². The van der Waals surface area contributed by atoms with Crippen LogP contribution in [0.5, 0.6) is 11.5 Å². The highest BCUT2D eigenvalue weighted by molar-refractivity contribution is 5.49. The molecule has 3 atom stereocenters. The van der Waals surface area contributed by atoms with Crippen molar-refractivity contribution in [1.29, 1.82) is 0 Å². The van der Waals surface area contributed by atoms with Gasteiger partial charge in [0, 0.05) is 0 Å². The third-order valence-corrected chi connectivity index (χ3v) is 7.15. The Kier molecular flexibility index (Phi) is 8.59. The molecular weight excluding hydrogens is 492 g/mol. The standard InChI is InChI=1S/C33H34O6/c1-35-28-17-13-26(14-18-28)33(25-11-7-4-8-12-25,27-15-19-29(36-2)20-16-27)39-23-31-32(30(34)22-37-31)38-21-24-9-5-3-6-10-24/h3-20,30-32,34H,21-23H2,1-2H3/t30-,31+,32-/m0/s1. The van der Waals surface area contributed by atoms with Crippen LogP contribution in [0.3, 0.4) is 0 Å². The van der Waals surface area contributed by atoms with E-state index < -0.39 is 23.9 Å². The van der Waals surface area contributed by atoms with E-state index >= 15 is 0 Å². The molecule has 0 amide bonds. The monoisotopic (exact) mass is 526 g/mol. The largest absolute Gasteiger partial charge is 0.497 e. The van der Waals surface area contributed by atoms with Crippen molar-refractivity contribution >= 4 is 0 Å². The maximum absolute atomic E-state index is 10.7. The molecule has 1 aliphatic heterocycles. The zero-order chi connectivity index (χ0) is 27.1. The van der Waals surface area contributed by atoms with Crippen molar-refractivity contribution in [1.82, 2.24) is 0 Å². The lowest BCUT2D eigenvalue weighted by Crippen LogP contribution is -2.40. The van der Waals surface area contributed by atoms with Crippen molar-refractivity contribution in [2.45, 2.75) is 30.5 Å². The second kappa shape index (κ2) is 12.5. The van der Waals surface area contributed by atoms with E-state index in [1.807, 2.05) is 97.1 Å². The minimum Gasteiger partial charge on any atom is -0.497 e. The molecule has 1 aliphatic rings. The fourth-order valence-corrected chi connectivity index (χ4v) is 5.07. The summed E-state index contributed by atoms with van der Waals surface area (Å²) in [4.78, 5) is 0. The maximum Gasteiger partial charge on any atom is 0.143 e. The van der Waals surface area contributed by atoms with Crippen molar-refractivity contribution in [2.75, 3.05) is 27.4 Å². The highest BCUT2D eigenvalue weighted by atomic mass is 16.6. The summed E-state index contributed by atoms with van der Waals surface area (Å²) in [6, 6.07) is 35.8. The summed E-state index contributed by atoms with van der Waals surface area (Å²) in [5.41, 5.74) is 2.88. The summed E-state index contributed by atoms with van der Waals surface area (Å²) in [6.07, 6.45) is -1.72. The van der Waals surface area contributed by atoms with Crippen LogP contribution < -0.4 is 9.47 Å². The lowest BCUT2D eigenvalue weighted by atomic mass is 9.80. The molecule has 0 aliphatic carbocycles. The molecule has 1 saturated heterocycles. The summed E-state index contributed by atoms with van der Waals surface area (Å²) >= 11 is 0. The van der Waals surface area contributed by atoms with Crippen LogP contribution in [0, 0.1) is 0 Å². The Balaban J connectivity index is 1.50. The van der Waals surface area contributed by atoms with Gasteiger partial charge in [0.2, 0.25) is 0 Å². The number of hydrogen-bond acceptors (Lipinski definition) is 6. The van der Waals surface area contributed by atoms with E-state index in [1.165, 1.54) is 0 Å². The fraction of sp³-hybridized carbons (Fsp3) is 0.273. The van der Waals surface area contributed by atoms with Gasteiger partial charge in [-0.3, -0.25) is 0 Å². The second-order valence-electron chi connectivity index (χ2n) is 9.52. The van der Waals surface area contributed by atoms with Gasteiger partial charge in [-0.15, -0.1) is 0 Å². The van der Waals surface area contributed by atoms with Gasteiger partial charge in [-0.1, -0.05) is 84.9 Å². The first-order valence-corrected chi connectivity index (χ1v) is 13.1. The zero-order valence-corrected chi connectivity index (χ0v) is 22.2. The molecule has 0 aromatic heterocycles. The fourth-order valence-electron chi connectivity index (χ4n) is 5.07. The van der Waals surface area contributed by atoms with Crippen LogP contribution >= 0.6 is 0 Å². The molecule has 0 saturated carbocycles. The van der Waals surface area contributed by atoms with Crippen LogP contribution in [-0.4, -0.2) is 50.9 Å². The topological polar surface area (TPSA) is 66.4 Å². The third kappa shape index (κ3) is 5.84. The highest BCUT2D eigenvalue weighted by Crippen LogP contribution is 2.42. The molecule has 6 heteroatoms. The Bertz CT molecular complexity index is 1240. The Morgan fingerprint density at radius 1 is 0.718 bits per heavy atom. The molecule has 202 valence electrons. The van der Waals surface area contributed by atoms with E-state index in [4.69, 9.17) is 23.7 Å². The Morgan fingerprint density at radius 3 is 1.77 bits per heavy atom. The Morgan fingerprint density at radius 2 is 1.23 bits per heavy atom. The van der Waals surface area contributed by atoms with Crippen molar-refractivity contribution < 1.29 is 28.8 Å². The minimum absolute atomic E-state index is 0.191. The molecule has 0 radical (unpaired) electrons. The first-order valence-electron chi connectivity index (χ1n) is 13.1.